The Balaban J connectivity index is 1.48. The van der Waals surface area contributed by atoms with E-state index in [1.54, 1.807) is 6.07 Å². The van der Waals surface area contributed by atoms with Gasteiger partial charge < -0.3 is 4.98 Å². The molecule has 0 saturated carbocycles. The maximum Gasteiger partial charge on any atom is 0.251 e. The van der Waals surface area contributed by atoms with Crippen LogP contribution in [0.1, 0.15) is 35.5 Å². The average Bonchev–Trinajstić information content (AvgIpc) is 2.88. The van der Waals surface area contributed by atoms with Crippen molar-refractivity contribution in [1.82, 2.24) is 14.9 Å². The van der Waals surface area contributed by atoms with Gasteiger partial charge in [0, 0.05) is 18.0 Å². The van der Waals surface area contributed by atoms with Crippen molar-refractivity contribution in [2.75, 3.05) is 13.1 Å². The van der Waals surface area contributed by atoms with E-state index in [4.69, 9.17) is 0 Å². The Morgan fingerprint density at radius 2 is 2.04 bits per heavy atom. The van der Waals surface area contributed by atoms with Crippen molar-refractivity contribution in [2.45, 2.75) is 31.7 Å². The first-order valence-corrected chi connectivity index (χ1v) is 8.23. The zero-order valence-electron chi connectivity index (χ0n) is 13.4. The monoisotopic (exact) mass is 307 g/mol. The number of rotatable bonds is 2. The highest BCUT2D eigenvalue weighted by Gasteiger charge is 2.37. The molecular formula is C19H21N3O. The largest absolute Gasteiger partial charge is 0.311 e. The number of H-pyrrole nitrogens is 1. The van der Waals surface area contributed by atoms with Crippen molar-refractivity contribution in [3.63, 3.8) is 0 Å². The van der Waals surface area contributed by atoms with Gasteiger partial charge in [0.25, 0.3) is 5.56 Å². The summed E-state index contributed by atoms with van der Waals surface area (Å²) < 4.78 is 0. The topological polar surface area (TPSA) is 49.0 Å². The highest BCUT2D eigenvalue weighted by atomic mass is 16.1. The van der Waals surface area contributed by atoms with Gasteiger partial charge in [-0.2, -0.15) is 0 Å². The van der Waals surface area contributed by atoms with Crippen LogP contribution in [-0.2, 0) is 12.0 Å². The summed E-state index contributed by atoms with van der Waals surface area (Å²) in [6.45, 7) is 4.65. The van der Waals surface area contributed by atoms with Gasteiger partial charge in [-0.25, -0.2) is 4.98 Å². The van der Waals surface area contributed by atoms with Gasteiger partial charge in [-0.1, -0.05) is 36.4 Å². The fraction of sp³-hybridized carbons (Fsp3) is 0.368. The van der Waals surface area contributed by atoms with Crippen molar-refractivity contribution in [1.29, 1.82) is 0 Å². The summed E-state index contributed by atoms with van der Waals surface area (Å²) in [5.74, 6) is 0.689. The number of aromatic amines is 1. The Bertz CT molecular complexity index is 813. The van der Waals surface area contributed by atoms with Crippen molar-refractivity contribution < 1.29 is 0 Å². The minimum Gasteiger partial charge on any atom is -0.311 e. The predicted octanol–water partition coefficient (Wildman–Crippen LogP) is 2.64. The van der Waals surface area contributed by atoms with Crippen LogP contribution in [0.15, 0.2) is 41.2 Å². The lowest BCUT2D eigenvalue weighted by Crippen LogP contribution is -2.40. The van der Waals surface area contributed by atoms with E-state index in [1.807, 2.05) is 6.92 Å². The van der Waals surface area contributed by atoms with Crippen molar-refractivity contribution in [2.24, 2.45) is 0 Å². The molecule has 1 aliphatic carbocycles. The normalized spacial score (nSPS) is 19.2. The molecule has 1 aromatic heterocycles. The molecule has 0 unspecified atom stereocenters. The van der Waals surface area contributed by atoms with E-state index in [0.717, 1.165) is 38.2 Å². The second kappa shape index (κ2) is 5.46. The van der Waals surface area contributed by atoms with Crippen LogP contribution in [-0.4, -0.2) is 28.0 Å². The van der Waals surface area contributed by atoms with E-state index < -0.39 is 0 Å². The molecule has 1 spiro atoms. The third-order valence-corrected chi connectivity index (χ3v) is 5.13. The molecule has 4 nitrogen and oxygen atoms in total. The van der Waals surface area contributed by atoms with Crippen LogP contribution in [0.2, 0.25) is 0 Å². The van der Waals surface area contributed by atoms with E-state index in [9.17, 15) is 4.79 Å². The molecule has 4 rings (SSSR count). The summed E-state index contributed by atoms with van der Waals surface area (Å²) in [7, 11) is 0. The van der Waals surface area contributed by atoms with Crippen LogP contribution in [0, 0.1) is 6.92 Å². The molecule has 23 heavy (non-hydrogen) atoms. The first kappa shape index (κ1) is 14.4. The smallest absolute Gasteiger partial charge is 0.251 e. The molecule has 1 aromatic carbocycles. The molecule has 4 heteroatoms. The molecule has 0 atom stereocenters. The molecule has 1 N–H and O–H groups in total. The molecule has 1 saturated heterocycles. The Labute approximate surface area is 135 Å². The highest BCUT2D eigenvalue weighted by Crippen LogP contribution is 2.43. The lowest BCUT2D eigenvalue weighted by Gasteiger charge is -2.39. The maximum atomic E-state index is 11.6. The molecule has 2 aliphatic rings. The quantitative estimate of drug-likeness (QED) is 0.928. The number of nitrogens with one attached hydrogen (secondary N) is 1. The first-order chi connectivity index (χ1) is 11.1. The van der Waals surface area contributed by atoms with E-state index in [1.165, 1.54) is 11.1 Å². The van der Waals surface area contributed by atoms with E-state index >= 15 is 0 Å². The fourth-order valence-corrected chi connectivity index (χ4v) is 3.93. The van der Waals surface area contributed by atoms with Gasteiger partial charge in [0.1, 0.15) is 5.82 Å². The number of hydrogen-bond donors (Lipinski definition) is 1. The summed E-state index contributed by atoms with van der Waals surface area (Å²) in [6.07, 6.45) is 6.92. The fourth-order valence-electron chi connectivity index (χ4n) is 3.93. The molecule has 1 aliphatic heterocycles. The van der Waals surface area contributed by atoms with Crippen molar-refractivity contribution in [3.05, 3.63) is 69.4 Å². The SMILES string of the molecule is Cc1nc(CN2CCC3(C=Cc4ccccc43)CC2)cc(=O)[nH]1. The number of aryl methyl sites for hydroxylation is 1. The summed E-state index contributed by atoms with van der Waals surface area (Å²) >= 11 is 0. The van der Waals surface area contributed by atoms with Crippen molar-refractivity contribution >= 4 is 6.08 Å². The number of hydrogen-bond acceptors (Lipinski definition) is 3. The number of likely N-dealkylation sites (tertiary alicyclic amines) is 1. The second-order valence-corrected chi connectivity index (χ2v) is 6.68. The molecular weight excluding hydrogens is 286 g/mol. The number of allylic oxidation sites excluding steroid dienone is 1. The minimum atomic E-state index is -0.0615. The van der Waals surface area contributed by atoms with E-state index in [-0.39, 0.29) is 11.0 Å². The number of nitrogens with zero attached hydrogens (tertiary/aromatic N) is 2. The maximum absolute atomic E-state index is 11.6. The Hall–Kier alpha value is -2.20. The van der Waals surface area contributed by atoms with Crippen LogP contribution in [0.5, 0.6) is 0 Å². The molecule has 2 heterocycles. The third-order valence-electron chi connectivity index (χ3n) is 5.13. The number of benzene rings is 1. The highest BCUT2D eigenvalue weighted by molar-refractivity contribution is 5.65. The first-order valence-electron chi connectivity index (χ1n) is 8.23. The second-order valence-electron chi connectivity index (χ2n) is 6.68. The number of fused-ring (bicyclic) bond motifs is 2. The molecule has 118 valence electrons. The molecule has 0 radical (unpaired) electrons. The van der Waals surface area contributed by atoms with Crippen LogP contribution in [0.4, 0.5) is 0 Å². The van der Waals surface area contributed by atoms with Gasteiger partial charge in [0.05, 0.1) is 5.69 Å². The van der Waals surface area contributed by atoms with Gasteiger partial charge in [0.2, 0.25) is 0 Å². The predicted molar refractivity (Wildman–Crippen MR) is 91.3 cm³/mol. The molecule has 0 bridgehead atoms. The molecule has 0 amide bonds. The zero-order valence-corrected chi connectivity index (χ0v) is 13.4. The molecule has 2 aromatic rings. The Kier molecular flexibility index (Phi) is 3.42. The van der Waals surface area contributed by atoms with Crippen molar-refractivity contribution in [3.8, 4) is 0 Å². The summed E-state index contributed by atoms with van der Waals surface area (Å²) in [5, 5.41) is 0. The summed E-state index contributed by atoms with van der Waals surface area (Å²) in [4.78, 5) is 21.1. The Morgan fingerprint density at radius 1 is 1.26 bits per heavy atom. The van der Waals surface area contributed by atoms with Crippen LogP contribution >= 0.6 is 0 Å². The van der Waals surface area contributed by atoms with Gasteiger partial charge in [-0.3, -0.25) is 9.69 Å². The average molecular weight is 307 g/mol. The van der Waals surface area contributed by atoms with Gasteiger partial charge in [-0.15, -0.1) is 0 Å². The van der Waals surface area contributed by atoms with E-state index in [0.29, 0.717) is 5.82 Å². The van der Waals surface area contributed by atoms with Crippen LogP contribution in [0.25, 0.3) is 6.08 Å². The van der Waals surface area contributed by atoms with Gasteiger partial charge in [0.15, 0.2) is 0 Å². The number of aromatic nitrogens is 2. The summed E-state index contributed by atoms with van der Waals surface area (Å²) in [5.41, 5.74) is 3.86. The lowest BCUT2D eigenvalue weighted by molar-refractivity contribution is 0.175. The van der Waals surface area contributed by atoms with Crippen LogP contribution < -0.4 is 5.56 Å². The Morgan fingerprint density at radius 3 is 2.83 bits per heavy atom. The number of piperidine rings is 1. The lowest BCUT2D eigenvalue weighted by atomic mass is 9.74. The third kappa shape index (κ3) is 2.63. The van der Waals surface area contributed by atoms with Crippen LogP contribution in [0.3, 0.4) is 0 Å². The van der Waals surface area contributed by atoms with E-state index in [2.05, 4.69) is 51.3 Å². The zero-order chi connectivity index (χ0) is 15.9. The standard InChI is InChI=1S/C19H21N3O/c1-14-20-16(12-18(23)21-14)13-22-10-8-19(9-11-22)7-6-15-4-2-3-5-17(15)19/h2-7,12H,8-11,13H2,1H3,(H,20,21,23). The summed E-state index contributed by atoms with van der Waals surface area (Å²) in [6, 6.07) is 10.3. The molecule has 1 fully saturated rings. The minimum absolute atomic E-state index is 0.0615. The van der Waals surface area contributed by atoms with Gasteiger partial charge >= 0.3 is 0 Å². The van der Waals surface area contributed by atoms with Gasteiger partial charge in [-0.05, 0) is 44.0 Å².